The SMILES string of the molecule is Cc1n[nH]cc1-c1ccc(N)cc1. The lowest BCUT2D eigenvalue weighted by Gasteiger charge is -1.98. The molecule has 0 bridgehead atoms. The zero-order valence-electron chi connectivity index (χ0n) is 7.41. The summed E-state index contributed by atoms with van der Waals surface area (Å²) in [5.41, 5.74) is 9.65. The molecular formula is C10H11N3. The van der Waals surface area contributed by atoms with Gasteiger partial charge in [-0.05, 0) is 24.6 Å². The molecule has 66 valence electrons. The van der Waals surface area contributed by atoms with E-state index in [4.69, 9.17) is 5.73 Å². The molecule has 13 heavy (non-hydrogen) atoms. The van der Waals surface area contributed by atoms with Crippen molar-refractivity contribution in [2.24, 2.45) is 0 Å². The molecule has 0 amide bonds. The first-order chi connectivity index (χ1) is 6.27. The highest BCUT2D eigenvalue weighted by Gasteiger charge is 2.02. The fourth-order valence-corrected chi connectivity index (χ4v) is 1.31. The van der Waals surface area contributed by atoms with Crippen LogP contribution in [0.5, 0.6) is 0 Å². The second kappa shape index (κ2) is 2.94. The highest BCUT2D eigenvalue weighted by Crippen LogP contribution is 2.21. The van der Waals surface area contributed by atoms with E-state index in [1.165, 1.54) is 0 Å². The predicted molar refractivity (Wildman–Crippen MR) is 53.2 cm³/mol. The van der Waals surface area contributed by atoms with E-state index in [0.29, 0.717) is 0 Å². The van der Waals surface area contributed by atoms with Gasteiger partial charge in [0, 0.05) is 17.4 Å². The molecule has 0 saturated carbocycles. The Bertz CT molecular complexity index is 400. The Labute approximate surface area is 76.6 Å². The topological polar surface area (TPSA) is 54.7 Å². The summed E-state index contributed by atoms with van der Waals surface area (Å²) < 4.78 is 0. The molecule has 0 aliphatic heterocycles. The first kappa shape index (κ1) is 7.86. The van der Waals surface area contributed by atoms with Crippen molar-refractivity contribution in [3.8, 4) is 11.1 Å². The molecule has 0 radical (unpaired) electrons. The molecule has 0 spiro atoms. The number of aromatic nitrogens is 2. The van der Waals surface area contributed by atoms with Crippen LogP contribution in [0.25, 0.3) is 11.1 Å². The van der Waals surface area contributed by atoms with Crippen molar-refractivity contribution in [2.45, 2.75) is 6.92 Å². The summed E-state index contributed by atoms with van der Waals surface area (Å²) in [5.74, 6) is 0. The fraction of sp³-hybridized carbons (Fsp3) is 0.100. The smallest absolute Gasteiger partial charge is 0.0669 e. The highest BCUT2D eigenvalue weighted by molar-refractivity contribution is 5.66. The van der Waals surface area contributed by atoms with Gasteiger partial charge >= 0.3 is 0 Å². The van der Waals surface area contributed by atoms with Crippen LogP contribution in [0, 0.1) is 6.92 Å². The first-order valence-corrected chi connectivity index (χ1v) is 4.13. The summed E-state index contributed by atoms with van der Waals surface area (Å²) in [6.07, 6.45) is 1.89. The predicted octanol–water partition coefficient (Wildman–Crippen LogP) is 1.97. The van der Waals surface area contributed by atoms with Crippen molar-refractivity contribution in [3.05, 3.63) is 36.2 Å². The Hall–Kier alpha value is -1.77. The lowest BCUT2D eigenvalue weighted by atomic mass is 10.1. The molecule has 1 aromatic heterocycles. The lowest BCUT2D eigenvalue weighted by molar-refractivity contribution is 1.05. The summed E-state index contributed by atoms with van der Waals surface area (Å²) in [6.45, 7) is 1.97. The largest absolute Gasteiger partial charge is 0.399 e. The van der Waals surface area contributed by atoms with Gasteiger partial charge in [-0.2, -0.15) is 5.10 Å². The lowest BCUT2D eigenvalue weighted by Crippen LogP contribution is -1.84. The fourth-order valence-electron chi connectivity index (χ4n) is 1.31. The van der Waals surface area contributed by atoms with Gasteiger partial charge in [0.25, 0.3) is 0 Å². The maximum atomic E-state index is 5.59. The van der Waals surface area contributed by atoms with E-state index in [0.717, 1.165) is 22.5 Å². The van der Waals surface area contributed by atoms with Crippen molar-refractivity contribution < 1.29 is 0 Å². The van der Waals surface area contributed by atoms with Gasteiger partial charge in [0.2, 0.25) is 0 Å². The molecule has 3 nitrogen and oxygen atoms in total. The van der Waals surface area contributed by atoms with E-state index < -0.39 is 0 Å². The number of anilines is 1. The number of nitrogens with zero attached hydrogens (tertiary/aromatic N) is 1. The minimum Gasteiger partial charge on any atom is -0.399 e. The van der Waals surface area contributed by atoms with Crippen LogP contribution in [-0.4, -0.2) is 10.2 Å². The molecule has 0 saturated heterocycles. The summed E-state index contributed by atoms with van der Waals surface area (Å²) in [5, 5.41) is 6.89. The van der Waals surface area contributed by atoms with E-state index in [1.807, 2.05) is 37.4 Å². The van der Waals surface area contributed by atoms with Crippen molar-refractivity contribution in [3.63, 3.8) is 0 Å². The van der Waals surface area contributed by atoms with Crippen LogP contribution in [0.3, 0.4) is 0 Å². The molecule has 1 heterocycles. The number of hydrogen-bond donors (Lipinski definition) is 2. The van der Waals surface area contributed by atoms with Gasteiger partial charge in [0.1, 0.15) is 0 Å². The molecule has 3 N–H and O–H groups in total. The average molecular weight is 173 g/mol. The van der Waals surface area contributed by atoms with Crippen molar-refractivity contribution in [2.75, 3.05) is 5.73 Å². The Morgan fingerprint density at radius 2 is 1.92 bits per heavy atom. The van der Waals surface area contributed by atoms with Gasteiger partial charge in [-0.25, -0.2) is 0 Å². The molecule has 0 aliphatic carbocycles. The number of benzene rings is 1. The van der Waals surface area contributed by atoms with E-state index in [2.05, 4.69) is 10.2 Å². The number of aryl methyl sites for hydroxylation is 1. The molecule has 1 aromatic carbocycles. The Morgan fingerprint density at radius 1 is 1.23 bits per heavy atom. The van der Waals surface area contributed by atoms with Crippen molar-refractivity contribution in [1.29, 1.82) is 0 Å². The van der Waals surface area contributed by atoms with Crippen LogP contribution in [0.15, 0.2) is 30.5 Å². The van der Waals surface area contributed by atoms with Crippen LogP contribution in [0.2, 0.25) is 0 Å². The van der Waals surface area contributed by atoms with E-state index >= 15 is 0 Å². The summed E-state index contributed by atoms with van der Waals surface area (Å²) >= 11 is 0. The number of aromatic amines is 1. The molecule has 0 atom stereocenters. The van der Waals surface area contributed by atoms with Crippen molar-refractivity contribution in [1.82, 2.24) is 10.2 Å². The molecule has 0 aliphatic rings. The first-order valence-electron chi connectivity index (χ1n) is 4.13. The van der Waals surface area contributed by atoms with Gasteiger partial charge in [-0.3, -0.25) is 5.10 Å². The number of rotatable bonds is 1. The van der Waals surface area contributed by atoms with Crippen molar-refractivity contribution >= 4 is 5.69 Å². The zero-order chi connectivity index (χ0) is 9.26. The molecular weight excluding hydrogens is 162 g/mol. The van der Waals surface area contributed by atoms with Gasteiger partial charge in [-0.15, -0.1) is 0 Å². The maximum Gasteiger partial charge on any atom is 0.0669 e. The van der Waals surface area contributed by atoms with Gasteiger partial charge in [0.15, 0.2) is 0 Å². The quantitative estimate of drug-likeness (QED) is 0.648. The Morgan fingerprint density at radius 3 is 2.46 bits per heavy atom. The third-order valence-electron chi connectivity index (χ3n) is 2.05. The number of nitrogens with two attached hydrogens (primary N) is 1. The highest BCUT2D eigenvalue weighted by atomic mass is 15.1. The maximum absolute atomic E-state index is 5.59. The molecule has 0 fully saturated rings. The zero-order valence-corrected chi connectivity index (χ0v) is 7.41. The minimum absolute atomic E-state index is 0.782. The second-order valence-corrected chi connectivity index (χ2v) is 3.01. The number of hydrogen-bond acceptors (Lipinski definition) is 2. The molecule has 0 unspecified atom stereocenters. The van der Waals surface area contributed by atoms with Crippen LogP contribution in [0.1, 0.15) is 5.69 Å². The van der Waals surface area contributed by atoms with Crippen LogP contribution in [-0.2, 0) is 0 Å². The second-order valence-electron chi connectivity index (χ2n) is 3.01. The summed E-state index contributed by atoms with van der Waals surface area (Å²) in [7, 11) is 0. The van der Waals surface area contributed by atoms with E-state index in [-0.39, 0.29) is 0 Å². The number of nitrogen functional groups attached to an aromatic ring is 1. The van der Waals surface area contributed by atoms with Gasteiger partial charge < -0.3 is 5.73 Å². The Balaban J connectivity index is 2.47. The van der Waals surface area contributed by atoms with Crippen LogP contribution in [0.4, 0.5) is 5.69 Å². The third kappa shape index (κ3) is 1.40. The Kier molecular flexibility index (Phi) is 1.77. The molecule has 2 aromatic rings. The average Bonchev–Trinajstić information content (AvgIpc) is 2.53. The third-order valence-corrected chi connectivity index (χ3v) is 2.05. The normalized spacial score (nSPS) is 10.2. The van der Waals surface area contributed by atoms with Gasteiger partial charge in [-0.1, -0.05) is 12.1 Å². The monoisotopic (exact) mass is 173 g/mol. The molecule has 3 heteroatoms. The minimum atomic E-state index is 0.782. The van der Waals surface area contributed by atoms with E-state index in [9.17, 15) is 0 Å². The number of H-pyrrole nitrogens is 1. The van der Waals surface area contributed by atoms with E-state index in [1.54, 1.807) is 0 Å². The summed E-state index contributed by atoms with van der Waals surface area (Å²) in [4.78, 5) is 0. The van der Waals surface area contributed by atoms with Crippen LogP contribution < -0.4 is 5.73 Å². The standard InChI is InChI=1S/C10H11N3/c1-7-10(6-12-13-7)8-2-4-9(11)5-3-8/h2-6H,11H2,1H3,(H,12,13). The van der Waals surface area contributed by atoms with Crippen LogP contribution >= 0.6 is 0 Å². The number of nitrogens with one attached hydrogen (secondary N) is 1. The summed E-state index contributed by atoms with van der Waals surface area (Å²) in [6, 6.07) is 7.77. The van der Waals surface area contributed by atoms with Gasteiger partial charge in [0.05, 0.1) is 5.69 Å². The molecule has 2 rings (SSSR count).